The van der Waals surface area contributed by atoms with Gasteiger partial charge in [-0.05, 0) is 44.3 Å². The van der Waals surface area contributed by atoms with Gasteiger partial charge in [-0.2, -0.15) is 4.31 Å². The summed E-state index contributed by atoms with van der Waals surface area (Å²) in [5, 5.41) is 14.1. The van der Waals surface area contributed by atoms with Crippen LogP contribution in [0.4, 0.5) is 5.69 Å². The van der Waals surface area contributed by atoms with Gasteiger partial charge in [0, 0.05) is 25.2 Å². The highest BCUT2D eigenvalue weighted by molar-refractivity contribution is 7.89. The third-order valence-electron chi connectivity index (χ3n) is 4.23. The Labute approximate surface area is 136 Å². The molecule has 1 N–H and O–H groups in total. The SMILES string of the molecule is CCc1ccc([N+](=O)[O-])cc1S(=O)(=O)N1CCCC(CNC)C1. The highest BCUT2D eigenvalue weighted by atomic mass is 32.2. The van der Waals surface area contributed by atoms with Crippen molar-refractivity contribution >= 4 is 15.7 Å². The summed E-state index contributed by atoms with van der Waals surface area (Å²) >= 11 is 0. The van der Waals surface area contributed by atoms with Crippen molar-refractivity contribution in [2.24, 2.45) is 5.92 Å². The zero-order chi connectivity index (χ0) is 17.0. The normalized spacial score (nSPS) is 19.7. The number of nitrogens with one attached hydrogen (secondary N) is 1. The topological polar surface area (TPSA) is 92.5 Å². The maximum Gasteiger partial charge on any atom is 0.270 e. The Morgan fingerprint density at radius 3 is 2.78 bits per heavy atom. The molecule has 1 unspecified atom stereocenters. The maximum atomic E-state index is 13.0. The lowest BCUT2D eigenvalue weighted by atomic mass is 10.00. The molecule has 0 aliphatic carbocycles. The van der Waals surface area contributed by atoms with E-state index in [9.17, 15) is 18.5 Å². The molecule has 1 saturated heterocycles. The minimum atomic E-state index is -3.71. The number of piperidine rings is 1. The summed E-state index contributed by atoms with van der Waals surface area (Å²) < 4.78 is 27.4. The van der Waals surface area contributed by atoms with Gasteiger partial charge in [0.1, 0.15) is 0 Å². The second-order valence-corrected chi connectivity index (χ2v) is 7.74. The second kappa shape index (κ2) is 7.37. The van der Waals surface area contributed by atoms with Crippen molar-refractivity contribution in [1.29, 1.82) is 0 Å². The minimum absolute atomic E-state index is 0.0688. The molecule has 0 bridgehead atoms. The lowest BCUT2D eigenvalue weighted by molar-refractivity contribution is -0.385. The largest absolute Gasteiger partial charge is 0.319 e. The van der Waals surface area contributed by atoms with Gasteiger partial charge in [0.15, 0.2) is 0 Å². The van der Waals surface area contributed by atoms with Crippen molar-refractivity contribution in [3.8, 4) is 0 Å². The Morgan fingerprint density at radius 1 is 1.43 bits per heavy atom. The van der Waals surface area contributed by atoms with E-state index >= 15 is 0 Å². The van der Waals surface area contributed by atoms with Crippen molar-refractivity contribution < 1.29 is 13.3 Å². The Hall–Kier alpha value is -1.51. The quantitative estimate of drug-likeness (QED) is 0.629. The highest BCUT2D eigenvalue weighted by Gasteiger charge is 2.32. The van der Waals surface area contributed by atoms with Gasteiger partial charge in [-0.1, -0.05) is 13.0 Å². The zero-order valence-corrected chi connectivity index (χ0v) is 14.3. The number of nitro benzene ring substituents is 1. The van der Waals surface area contributed by atoms with E-state index in [1.54, 1.807) is 6.07 Å². The van der Waals surface area contributed by atoms with Crippen molar-refractivity contribution in [1.82, 2.24) is 9.62 Å². The summed E-state index contributed by atoms with van der Waals surface area (Å²) in [4.78, 5) is 10.5. The Bertz CT molecular complexity index is 673. The lowest BCUT2D eigenvalue weighted by Gasteiger charge is -2.32. The molecule has 128 valence electrons. The Morgan fingerprint density at radius 2 is 2.17 bits per heavy atom. The monoisotopic (exact) mass is 341 g/mol. The van der Waals surface area contributed by atoms with Gasteiger partial charge in [0.25, 0.3) is 5.69 Å². The number of hydrogen-bond donors (Lipinski definition) is 1. The third kappa shape index (κ3) is 3.88. The van der Waals surface area contributed by atoms with E-state index in [0.29, 0.717) is 25.1 Å². The Balaban J connectivity index is 2.38. The molecular formula is C15H23N3O4S. The van der Waals surface area contributed by atoms with Crippen LogP contribution in [0, 0.1) is 16.0 Å². The van der Waals surface area contributed by atoms with E-state index < -0.39 is 14.9 Å². The second-order valence-electron chi connectivity index (χ2n) is 5.83. The molecule has 1 atom stereocenters. The fourth-order valence-electron chi connectivity index (χ4n) is 3.03. The molecule has 8 heteroatoms. The number of nitro groups is 1. The number of hydrogen-bond acceptors (Lipinski definition) is 5. The van der Waals surface area contributed by atoms with Crippen LogP contribution in [-0.4, -0.2) is 44.3 Å². The van der Waals surface area contributed by atoms with Crippen LogP contribution in [0.3, 0.4) is 0 Å². The third-order valence-corrected chi connectivity index (χ3v) is 6.18. The van der Waals surface area contributed by atoms with Crippen LogP contribution in [0.25, 0.3) is 0 Å². The van der Waals surface area contributed by atoms with Crippen molar-refractivity contribution in [2.75, 3.05) is 26.7 Å². The molecule has 1 aliphatic heterocycles. The van der Waals surface area contributed by atoms with Gasteiger partial charge in [0.2, 0.25) is 10.0 Å². The first kappa shape index (κ1) is 17.8. The molecule has 2 rings (SSSR count). The van der Waals surface area contributed by atoms with E-state index in [0.717, 1.165) is 19.4 Å². The fourth-order valence-corrected chi connectivity index (χ4v) is 4.90. The first-order chi connectivity index (χ1) is 10.9. The number of rotatable bonds is 6. The summed E-state index contributed by atoms with van der Waals surface area (Å²) in [6, 6.07) is 4.09. The molecule has 0 saturated carbocycles. The average molecular weight is 341 g/mol. The van der Waals surface area contributed by atoms with Crippen LogP contribution >= 0.6 is 0 Å². The molecule has 0 radical (unpaired) electrons. The summed E-state index contributed by atoms with van der Waals surface area (Å²) in [6.07, 6.45) is 2.31. The van der Waals surface area contributed by atoms with Crippen LogP contribution in [0.1, 0.15) is 25.3 Å². The predicted molar refractivity (Wildman–Crippen MR) is 87.9 cm³/mol. The van der Waals surface area contributed by atoms with Crippen molar-refractivity contribution in [2.45, 2.75) is 31.1 Å². The molecule has 7 nitrogen and oxygen atoms in total. The van der Waals surface area contributed by atoms with E-state index in [2.05, 4.69) is 5.32 Å². The first-order valence-corrected chi connectivity index (χ1v) is 9.26. The number of nitrogens with zero attached hydrogens (tertiary/aromatic N) is 2. The summed E-state index contributed by atoms with van der Waals surface area (Å²) in [5.74, 6) is 0.271. The van der Waals surface area contributed by atoms with Crippen LogP contribution < -0.4 is 5.32 Å². The minimum Gasteiger partial charge on any atom is -0.319 e. The van der Waals surface area contributed by atoms with Crippen LogP contribution in [0.5, 0.6) is 0 Å². The number of benzene rings is 1. The smallest absolute Gasteiger partial charge is 0.270 e. The number of sulfonamides is 1. The van der Waals surface area contributed by atoms with Crippen LogP contribution in [-0.2, 0) is 16.4 Å². The molecular weight excluding hydrogens is 318 g/mol. The lowest BCUT2D eigenvalue weighted by Crippen LogP contribution is -2.42. The number of non-ortho nitro benzene ring substituents is 1. The van der Waals surface area contributed by atoms with Crippen LogP contribution in [0.15, 0.2) is 23.1 Å². The van der Waals surface area contributed by atoms with Gasteiger partial charge in [-0.15, -0.1) is 0 Å². The summed E-state index contributed by atoms with van der Waals surface area (Å²) in [7, 11) is -1.86. The van der Waals surface area contributed by atoms with Gasteiger partial charge in [0.05, 0.1) is 9.82 Å². The molecule has 1 aliphatic rings. The summed E-state index contributed by atoms with van der Waals surface area (Å²) in [5.41, 5.74) is 0.427. The van der Waals surface area contributed by atoms with Crippen molar-refractivity contribution in [3.63, 3.8) is 0 Å². The zero-order valence-electron chi connectivity index (χ0n) is 13.5. The van der Waals surface area contributed by atoms with Gasteiger partial charge < -0.3 is 5.32 Å². The maximum absolute atomic E-state index is 13.0. The molecule has 23 heavy (non-hydrogen) atoms. The fraction of sp³-hybridized carbons (Fsp3) is 0.600. The van der Waals surface area contributed by atoms with E-state index in [-0.39, 0.29) is 16.5 Å². The van der Waals surface area contributed by atoms with E-state index in [1.165, 1.54) is 16.4 Å². The first-order valence-electron chi connectivity index (χ1n) is 7.82. The molecule has 1 aromatic carbocycles. The molecule has 1 heterocycles. The number of aryl methyl sites for hydroxylation is 1. The molecule has 0 aromatic heterocycles. The van der Waals surface area contributed by atoms with Gasteiger partial charge in [-0.3, -0.25) is 10.1 Å². The highest BCUT2D eigenvalue weighted by Crippen LogP contribution is 2.28. The van der Waals surface area contributed by atoms with Gasteiger partial charge in [-0.25, -0.2) is 8.42 Å². The Kier molecular flexibility index (Phi) is 5.72. The molecule has 0 spiro atoms. The summed E-state index contributed by atoms with van der Waals surface area (Å²) in [6.45, 7) is 3.53. The average Bonchev–Trinajstić information content (AvgIpc) is 2.54. The van der Waals surface area contributed by atoms with Crippen molar-refractivity contribution in [3.05, 3.63) is 33.9 Å². The molecule has 1 fully saturated rings. The molecule has 1 aromatic rings. The van der Waals surface area contributed by atoms with E-state index in [1.807, 2.05) is 14.0 Å². The predicted octanol–water partition coefficient (Wildman–Crippen LogP) is 1.78. The van der Waals surface area contributed by atoms with E-state index in [4.69, 9.17) is 0 Å². The van der Waals surface area contributed by atoms with Crippen LogP contribution in [0.2, 0.25) is 0 Å². The van der Waals surface area contributed by atoms with Gasteiger partial charge >= 0.3 is 0 Å². The standard InChI is InChI=1S/C15H23N3O4S/c1-3-13-6-7-14(18(19)20)9-15(13)23(21,22)17-8-4-5-12(11-17)10-16-2/h6-7,9,12,16H,3-5,8,10-11H2,1-2H3. The molecule has 0 amide bonds.